The van der Waals surface area contributed by atoms with Crippen LogP contribution < -0.4 is 16.4 Å². The lowest BCUT2D eigenvalue weighted by atomic mass is 10.1. The molecule has 1 aromatic carbocycles. The average molecular weight is 482 g/mol. The molecule has 0 radical (unpaired) electrons. The number of carbonyl (C=O) groups is 2. The normalized spacial score (nSPS) is 14.2. The zero-order chi connectivity index (χ0) is 25.3. The van der Waals surface area contributed by atoms with Crippen LogP contribution in [0.1, 0.15) is 53.5 Å². The van der Waals surface area contributed by atoms with Gasteiger partial charge in [-0.05, 0) is 57.4 Å². The first-order chi connectivity index (χ1) is 15.1. The van der Waals surface area contributed by atoms with Crippen molar-refractivity contribution in [3.63, 3.8) is 0 Å². The van der Waals surface area contributed by atoms with Crippen molar-refractivity contribution < 1.29 is 23.5 Å². The van der Waals surface area contributed by atoms with Crippen molar-refractivity contribution in [2.24, 2.45) is 5.73 Å². The van der Waals surface area contributed by atoms with E-state index in [9.17, 15) is 9.59 Å². The van der Waals surface area contributed by atoms with Gasteiger partial charge in [0.2, 0.25) is 0 Å². The van der Waals surface area contributed by atoms with Crippen molar-refractivity contribution >= 4 is 20.5 Å². The molecule has 2 amide bonds. The lowest BCUT2D eigenvalue weighted by molar-refractivity contribution is 0.0462. The van der Waals surface area contributed by atoms with Crippen LogP contribution in [0.25, 0.3) is 0 Å². The topological polar surface area (TPSA) is 112 Å². The Bertz CT molecular complexity index is 745. The van der Waals surface area contributed by atoms with Crippen LogP contribution >= 0.6 is 0 Å². The quantitative estimate of drug-likeness (QED) is 0.423. The zero-order valence-corrected chi connectivity index (χ0v) is 22.5. The third kappa shape index (κ3) is 11.0. The second kappa shape index (κ2) is 12.4. The number of hydrogen-bond donors (Lipinski definition) is 3. The Morgan fingerprint density at radius 1 is 0.970 bits per heavy atom. The van der Waals surface area contributed by atoms with Gasteiger partial charge in [-0.25, -0.2) is 9.59 Å². The first kappa shape index (κ1) is 28.9. The van der Waals surface area contributed by atoms with Crippen LogP contribution in [-0.2, 0) is 20.5 Å². The molecule has 0 heterocycles. The molecule has 0 saturated carbocycles. The van der Waals surface area contributed by atoms with Gasteiger partial charge in [0, 0.05) is 0 Å². The van der Waals surface area contributed by atoms with Crippen LogP contribution in [0.2, 0.25) is 18.1 Å². The summed E-state index contributed by atoms with van der Waals surface area (Å²) in [5.41, 5.74) is 6.05. The van der Waals surface area contributed by atoms with E-state index in [2.05, 4.69) is 44.5 Å². The van der Waals surface area contributed by atoms with Gasteiger partial charge in [0.25, 0.3) is 0 Å². The van der Waals surface area contributed by atoms with Crippen molar-refractivity contribution in [2.45, 2.75) is 90.4 Å². The fourth-order valence-corrected chi connectivity index (χ4v) is 3.73. The highest BCUT2D eigenvalue weighted by atomic mass is 28.4. The Labute approximate surface area is 200 Å². The average Bonchev–Trinajstić information content (AvgIpc) is 2.68. The maximum atomic E-state index is 12.5. The van der Waals surface area contributed by atoms with Crippen LogP contribution in [0, 0.1) is 0 Å². The molecule has 1 aromatic rings. The Morgan fingerprint density at radius 3 is 2.06 bits per heavy atom. The third-order valence-electron chi connectivity index (χ3n) is 5.61. The third-order valence-corrected chi connectivity index (χ3v) is 10.1. The van der Waals surface area contributed by atoms with E-state index in [0.29, 0.717) is 13.0 Å². The number of hydrogen-bond acceptors (Lipinski definition) is 6. The molecule has 0 unspecified atom stereocenters. The molecule has 0 aliphatic heterocycles. The van der Waals surface area contributed by atoms with Gasteiger partial charge in [-0.2, -0.15) is 0 Å². The molecule has 0 saturated heterocycles. The van der Waals surface area contributed by atoms with E-state index in [4.69, 9.17) is 19.6 Å². The van der Waals surface area contributed by atoms with Crippen LogP contribution in [0.5, 0.6) is 0 Å². The summed E-state index contributed by atoms with van der Waals surface area (Å²) in [6, 6.07) is 8.39. The van der Waals surface area contributed by atoms with Gasteiger partial charge < -0.3 is 30.3 Å². The van der Waals surface area contributed by atoms with Gasteiger partial charge in [0.15, 0.2) is 8.32 Å². The first-order valence-electron chi connectivity index (χ1n) is 11.5. The van der Waals surface area contributed by atoms with Crippen LogP contribution in [-0.4, -0.2) is 51.3 Å². The number of nitrogens with one attached hydrogen (secondary N) is 2. The summed E-state index contributed by atoms with van der Waals surface area (Å²) in [7, 11) is -2.10. The molecule has 0 aliphatic carbocycles. The summed E-state index contributed by atoms with van der Waals surface area (Å²) < 4.78 is 17.2. The molecular weight excluding hydrogens is 438 g/mol. The Morgan fingerprint density at radius 2 is 1.55 bits per heavy atom. The molecule has 33 heavy (non-hydrogen) atoms. The molecule has 0 fully saturated rings. The van der Waals surface area contributed by atoms with Crippen molar-refractivity contribution in [1.82, 2.24) is 10.6 Å². The van der Waals surface area contributed by atoms with E-state index < -0.39 is 38.2 Å². The van der Waals surface area contributed by atoms with Gasteiger partial charge in [0.05, 0.1) is 18.7 Å². The van der Waals surface area contributed by atoms with Crippen LogP contribution in [0.15, 0.2) is 30.3 Å². The van der Waals surface area contributed by atoms with Gasteiger partial charge in [0.1, 0.15) is 12.2 Å². The van der Waals surface area contributed by atoms with E-state index in [1.807, 2.05) is 30.3 Å². The van der Waals surface area contributed by atoms with E-state index in [1.54, 1.807) is 20.8 Å². The summed E-state index contributed by atoms with van der Waals surface area (Å²) in [6.45, 7) is 16.8. The van der Waals surface area contributed by atoms with Gasteiger partial charge >= 0.3 is 12.2 Å². The summed E-state index contributed by atoms with van der Waals surface area (Å²) in [5.74, 6) is 0. The standard InChI is InChI=1S/C24H43N3O5Si/c1-23(2,3)32-22(29)27-20(17-31-33(7,8)24(4,5)6)19(14-15-25)26-21(28)30-16-18-12-10-9-11-13-18/h9-13,19-20H,14-17,25H2,1-8H3,(H,26,28)(H,27,29)/t19-,20-/m1/s1. The Kier molecular flexibility index (Phi) is 10.9. The van der Waals surface area contributed by atoms with Crippen molar-refractivity contribution in [2.75, 3.05) is 13.2 Å². The first-order valence-corrected chi connectivity index (χ1v) is 14.4. The number of alkyl carbamates (subject to hydrolysis) is 2. The molecule has 188 valence electrons. The fourth-order valence-electron chi connectivity index (χ4n) is 2.70. The minimum atomic E-state index is -2.10. The van der Waals surface area contributed by atoms with E-state index in [0.717, 1.165) is 5.56 Å². The van der Waals surface area contributed by atoms with Gasteiger partial charge in [-0.15, -0.1) is 0 Å². The number of ether oxygens (including phenoxy) is 2. The maximum absolute atomic E-state index is 12.5. The molecular formula is C24H43N3O5Si. The van der Waals surface area contributed by atoms with Crippen molar-refractivity contribution in [3.8, 4) is 0 Å². The lowest BCUT2D eigenvalue weighted by Gasteiger charge is -2.38. The van der Waals surface area contributed by atoms with E-state index in [1.165, 1.54) is 0 Å². The minimum absolute atomic E-state index is 0.00508. The second-order valence-corrected chi connectivity index (χ2v) is 15.5. The van der Waals surface area contributed by atoms with Gasteiger partial charge in [-0.1, -0.05) is 51.1 Å². The summed E-state index contributed by atoms with van der Waals surface area (Å²) in [4.78, 5) is 25.1. The second-order valence-electron chi connectivity index (χ2n) is 10.7. The molecule has 9 heteroatoms. The van der Waals surface area contributed by atoms with Crippen LogP contribution in [0.4, 0.5) is 9.59 Å². The molecule has 0 aliphatic rings. The molecule has 0 bridgehead atoms. The molecule has 0 aromatic heterocycles. The lowest BCUT2D eigenvalue weighted by Crippen LogP contribution is -2.57. The largest absolute Gasteiger partial charge is 0.445 e. The summed E-state index contributed by atoms with van der Waals surface area (Å²) in [5, 5.41) is 5.72. The highest BCUT2D eigenvalue weighted by Crippen LogP contribution is 2.36. The predicted molar refractivity (Wildman–Crippen MR) is 134 cm³/mol. The van der Waals surface area contributed by atoms with Crippen molar-refractivity contribution in [1.29, 1.82) is 0 Å². The maximum Gasteiger partial charge on any atom is 0.408 e. The molecule has 1 rings (SSSR count). The Hall–Kier alpha value is -2.10. The number of carbonyl (C=O) groups excluding carboxylic acids is 2. The monoisotopic (exact) mass is 481 g/mol. The molecule has 4 N–H and O–H groups in total. The highest BCUT2D eigenvalue weighted by molar-refractivity contribution is 6.74. The predicted octanol–water partition coefficient (Wildman–Crippen LogP) is 4.55. The number of rotatable bonds is 10. The number of amides is 2. The highest BCUT2D eigenvalue weighted by Gasteiger charge is 2.39. The smallest absolute Gasteiger partial charge is 0.408 e. The van der Waals surface area contributed by atoms with E-state index in [-0.39, 0.29) is 18.3 Å². The molecule has 8 nitrogen and oxygen atoms in total. The van der Waals surface area contributed by atoms with Gasteiger partial charge in [-0.3, -0.25) is 0 Å². The van der Waals surface area contributed by atoms with Crippen LogP contribution in [0.3, 0.4) is 0 Å². The number of nitrogens with two attached hydrogens (primary N) is 1. The van der Waals surface area contributed by atoms with E-state index >= 15 is 0 Å². The molecule has 2 atom stereocenters. The fraction of sp³-hybridized carbons (Fsp3) is 0.667. The molecule has 0 spiro atoms. The summed E-state index contributed by atoms with van der Waals surface area (Å²) in [6.07, 6.45) is -0.727. The summed E-state index contributed by atoms with van der Waals surface area (Å²) >= 11 is 0. The zero-order valence-electron chi connectivity index (χ0n) is 21.5. The number of benzene rings is 1. The SMILES string of the molecule is CC(C)(C)OC(=O)N[C@H](CO[Si](C)(C)C(C)(C)C)[C@@H](CCN)NC(=O)OCc1ccccc1. The minimum Gasteiger partial charge on any atom is -0.445 e. The Balaban J connectivity index is 2.94. The van der Waals surface area contributed by atoms with Crippen molar-refractivity contribution in [3.05, 3.63) is 35.9 Å².